The van der Waals surface area contributed by atoms with Crippen LogP contribution in [0.4, 0.5) is 18.9 Å². The molecule has 0 atom stereocenters. The van der Waals surface area contributed by atoms with Crippen LogP contribution in [-0.2, 0) is 15.8 Å². The Hall–Kier alpha value is -3.49. The number of carbonyl (C=O) groups excluding carboxylic acids is 3. The standard InChI is InChI=1S/C28H29F3N4O3S/c1-19-22(26(37)35(25(19)36)21-10-9-20(18-32)23(17-21)28(29,30)31)7-4-2-3-5-11-33-12-14-34(15-13-33)27(38)24-8-6-16-39-24/h6,8-10,16-17H,2-5,7,11-15H2,1H3. The Morgan fingerprint density at radius 3 is 2.38 bits per heavy atom. The van der Waals surface area contributed by atoms with Crippen molar-refractivity contribution >= 4 is 34.7 Å². The number of nitriles is 1. The van der Waals surface area contributed by atoms with E-state index in [0.29, 0.717) is 37.6 Å². The fraction of sp³-hybridized carbons (Fsp3) is 0.429. The number of rotatable bonds is 9. The molecule has 1 fully saturated rings. The van der Waals surface area contributed by atoms with E-state index in [1.165, 1.54) is 30.4 Å². The third-order valence-corrected chi connectivity index (χ3v) is 8.03. The van der Waals surface area contributed by atoms with Gasteiger partial charge in [-0.3, -0.25) is 19.3 Å². The summed E-state index contributed by atoms with van der Waals surface area (Å²) in [5.74, 6) is -1.15. The monoisotopic (exact) mass is 558 g/mol. The molecule has 0 aliphatic carbocycles. The minimum atomic E-state index is -4.78. The second-order valence-corrected chi connectivity index (χ2v) is 10.6. The highest BCUT2D eigenvalue weighted by Gasteiger charge is 2.39. The Bertz CT molecular complexity index is 1310. The lowest BCUT2D eigenvalue weighted by Gasteiger charge is -2.34. The number of nitrogens with zero attached hydrogens (tertiary/aromatic N) is 4. The number of piperazine rings is 1. The van der Waals surface area contributed by atoms with Crippen molar-refractivity contribution in [2.24, 2.45) is 0 Å². The Balaban J connectivity index is 1.21. The summed E-state index contributed by atoms with van der Waals surface area (Å²) in [6, 6.07) is 8.08. The molecular weight excluding hydrogens is 529 g/mol. The van der Waals surface area contributed by atoms with Crippen molar-refractivity contribution in [3.63, 3.8) is 0 Å². The number of amides is 3. The molecule has 0 saturated carbocycles. The number of unbranched alkanes of at least 4 members (excludes halogenated alkanes) is 3. The molecule has 0 bridgehead atoms. The van der Waals surface area contributed by atoms with Gasteiger partial charge in [0.05, 0.1) is 27.8 Å². The number of benzene rings is 1. The largest absolute Gasteiger partial charge is 0.417 e. The third kappa shape index (κ3) is 6.40. The van der Waals surface area contributed by atoms with E-state index in [-0.39, 0.29) is 17.2 Å². The highest BCUT2D eigenvalue weighted by molar-refractivity contribution is 7.12. The minimum Gasteiger partial charge on any atom is -0.335 e. The van der Waals surface area contributed by atoms with Gasteiger partial charge in [-0.1, -0.05) is 18.9 Å². The molecule has 3 amide bonds. The lowest BCUT2D eigenvalue weighted by molar-refractivity contribution is -0.138. The quantitative estimate of drug-likeness (QED) is 0.311. The average molecular weight is 559 g/mol. The molecule has 1 aromatic carbocycles. The van der Waals surface area contributed by atoms with Crippen molar-refractivity contribution in [1.29, 1.82) is 5.26 Å². The molecule has 3 heterocycles. The van der Waals surface area contributed by atoms with Gasteiger partial charge >= 0.3 is 6.18 Å². The first kappa shape index (κ1) is 28.5. The first-order valence-electron chi connectivity index (χ1n) is 12.9. The van der Waals surface area contributed by atoms with E-state index in [0.717, 1.165) is 54.7 Å². The summed E-state index contributed by atoms with van der Waals surface area (Å²) in [6.07, 6.45) is -0.960. The van der Waals surface area contributed by atoms with Crippen LogP contribution >= 0.6 is 11.3 Å². The van der Waals surface area contributed by atoms with Crippen molar-refractivity contribution in [1.82, 2.24) is 9.80 Å². The summed E-state index contributed by atoms with van der Waals surface area (Å²) in [5, 5.41) is 10.9. The summed E-state index contributed by atoms with van der Waals surface area (Å²) in [5.41, 5.74) is -1.37. The van der Waals surface area contributed by atoms with Gasteiger partial charge in [0, 0.05) is 37.3 Å². The normalized spacial score (nSPS) is 16.8. The molecule has 11 heteroatoms. The fourth-order valence-corrected chi connectivity index (χ4v) is 5.63. The summed E-state index contributed by atoms with van der Waals surface area (Å²) < 4.78 is 40.1. The summed E-state index contributed by atoms with van der Waals surface area (Å²) in [6.45, 7) is 5.53. The van der Waals surface area contributed by atoms with Gasteiger partial charge in [-0.2, -0.15) is 18.4 Å². The molecule has 7 nitrogen and oxygen atoms in total. The summed E-state index contributed by atoms with van der Waals surface area (Å²) in [7, 11) is 0. The SMILES string of the molecule is CC1=C(CCCCCCN2CCN(C(=O)c3cccs3)CC2)C(=O)N(c2ccc(C#N)c(C(F)(F)F)c2)C1=O. The van der Waals surface area contributed by atoms with Gasteiger partial charge in [-0.05, 0) is 62.4 Å². The molecule has 2 aliphatic heterocycles. The molecule has 0 unspecified atom stereocenters. The fourth-order valence-electron chi connectivity index (χ4n) is 4.94. The van der Waals surface area contributed by atoms with E-state index >= 15 is 0 Å². The maximum Gasteiger partial charge on any atom is 0.417 e. The van der Waals surface area contributed by atoms with Crippen molar-refractivity contribution in [2.45, 2.75) is 45.2 Å². The van der Waals surface area contributed by atoms with Crippen LogP contribution in [0.1, 0.15) is 59.8 Å². The molecule has 2 aromatic rings. The molecule has 0 radical (unpaired) electrons. The Morgan fingerprint density at radius 1 is 1.03 bits per heavy atom. The number of hydrogen-bond donors (Lipinski definition) is 0. The van der Waals surface area contributed by atoms with Gasteiger partial charge in [-0.15, -0.1) is 11.3 Å². The molecule has 0 N–H and O–H groups in total. The van der Waals surface area contributed by atoms with Gasteiger partial charge in [0.25, 0.3) is 17.7 Å². The van der Waals surface area contributed by atoms with E-state index in [4.69, 9.17) is 5.26 Å². The van der Waals surface area contributed by atoms with Gasteiger partial charge < -0.3 is 4.90 Å². The first-order valence-corrected chi connectivity index (χ1v) is 13.7. The number of imide groups is 1. The van der Waals surface area contributed by atoms with Crippen LogP contribution in [0.25, 0.3) is 0 Å². The van der Waals surface area contributed by atoms with E-state index in [1.54, 1.807) is 0 Å². The van der Waals surface area contributed by atoms with Gasteiger partial charge in [0.15, 0.2) is 0 Å². The Labute approximate surface area is 229 Å². The second kappa shape index (κ2) is 12.1. The predicted octanol–water partition coefficient (Wildman–Crippen LogP) is 5.24. The molecule has 206 valence electrons. The molecule has 2 aliphatic rings. The second-order valence-electron chi connectivity index (χ2n) is 9.66. The van der Waals surface area contributed by atoms with Crippen LogP contribution in [0.5, 0.6) is 0 Å². The summed E-state index contributed by atoms with van der Waals surface area (Å²) in [4.78, 5) is 44.0. The third-order valence-electron chi connectivity index (χ3n) is 7.17. The van der Waals surface area contributed by atoms with Gasteiger partial charge in [0.1, 0.15) is 0 Å². The molecule has 1 aromatic heterocycles. The number of halogens is 3. The Morgan fingerprint density at radius 2 is 1.74 bits per heavy atom. The zero-order valence-electron chi connectivity index (χ0n) is 21.6. The van der Waals surface area contributed by atoms with Crippen LogP contribution < -0.4 is 4.90 Å². The molecule has 1 saturated heterocycles. The zero-order valence-corrected chi connectivity index (χ0v) is 22.4. The lowest BCUT2D eigenvalue weighted by Crippen LogP contribution is -2.48. The van der Waals surface area contributed by atoms with Crippen molar-refractivity contribution in [3.05, 3.63) is 62.9 Å². The van der Waals surface area contributed by atoms with Crippen LogP contribution in [-0.4, -0.2) is 60.2 Å². The molecule has 4 rings (SSSR count). The maximum atomic E-state index is 13.4. The maximum absolute atomic E-state index is 13.4. The van der Waals surface area contributed by atoms with Crippen LogP contribution in [0, 0.1) is 11.3 Å². The molecule has 0 spiro atoms. The number of alkyl halides is 3. The minimum absolute atomic E-state index is 0.0905. The van der Waals surface area contributed by atoms with E-state index < -0.39 is 29.1 Å². The topological polar surface area (TPSA) is 84.7 Å². The number of carbonyl (C=O) groups is 3. The average Bonchev–Trinajstić information content (AvgIpc) is 3.53. The van der Waals surface area contributed by atoms with E-state index in [1.807, 2.05) is 22.4 Å². The van der Waals surface area contributed by atoms with Crippen LogP contribution in [0.2, 0.25) is 0 Å². The smallest absolute Gasteiger partial charge is 0.335 e. The van der Waals surface area contributed by atoms with Crippen LogP contribution in [0.15, 0.2) is 46.9 Å². The first-order chi connectivity index (χ1) is 18.6. The van der Waals surface area contributed by atoms with Crippen molar-refractivity contribution < 1.29 is 27.6 Å². The van der Waals surface area contributed by atoms with Crippen molar-refractivity contribution in [3.8, 4) is 6.07 Å². The number of anilines is 1. The highest BCUT2D eigenvalue weighted by atomic mass is 32.1. The van der Waals surface area contributed by atoms with E-state index in [9.17, 15) is 27.6 Å². The van der Waals surface area contributed by atoms with Gasteiger partial charge in [-0.25, -0.2) is 4.90 Å². The van der Waals surface area contributed by atoms with Gasteiger partial charge in [0.2, 0.25) is 0 Å². The Kier molecular flexibility index (Phi) is 8.87. The van der Waals surface area contributed by atoms with Crippen molar-refractivity contribution in [2.75, 3.05) is 37.6 Å². The molecule has 39 heavy (non-hydrogen) atoms. The molecular formula is C28H29F3N4O3S. The lowest BCUT2D eigenvalue weighted by atomic mass is 10.0. The predicted molar refractivity (Wildman–Crippen MR) is 141 cm³/mol. The van der Waals surface area contributed by atoms with Crippen LogP contribution in [0.3, 0.4) is 0 Å². The number of thiophene rings is 1. The summed E-state index contributed by atoms with van der Waals surface area (Å²) >= 11 is 1.46. The highest BCUT2D eigenvalue weighted by Crippen LogP contribution is 2.37. The van der Waals surface area contributed by atoms with E-state index in [2.05, 4.69) is 4.90 Å². The number of hydrogen-bond acceptors (Lipinski definition) is 6. The zero-order chi connectivity index (χ0) is 28.2.